The molecule has 0 aromatic heterocycles. The van der Waals surface area contributed by atoms with Crippen LogP contribution in [0.2, 0.25) is 0 Å². The van der Waals surface area contributed by atoms with Gasteiger partial charge < -0.3 is 10.1 Å². The van der Waals surface area contributed by atoms with E-state index in [9.17, 15) is 19.2 Å². The topological polar surface area (TPSA) is 117 Å². The Morgan fingerprint density at radius 3 is 2.09 bits per heavy atom. The molecule has 4 rings (SSSR count). The van der Waals surface area contributed by atoms with Gasteiger partial charge in [0.05, 0.1) is 33.6 Å². The van der Waals surface area contributed by atoms with Crippen LogP contribution in [0.3, 0.4) is 0 Å². The molecule has 3 aromatic rings. The SMILES string of the molecule is N#Cc1ccccc1NC(=O)COC(=O)c1ccc(N2C(=O)c3ccccc3C2=O)cc1. The molecule has 156 valence electrons. The zero-order chi connectivity index (χ0) is 22.7. The zero-order valence-electron chi connectivity index (χ0n) is 16.6. The molecule has 0 saturated heterocycles. The maximum absolute atomic E-state index is 12.5. The second-order valence-corrected chi connectivity index (χ2v) is 6.82. The van der Waals surface area contributed by atoms with Gasteiger partial charge in [0, 0.05) is 0 Å². The number of nitriles is 1. The third-order valence-corrected chi connectivity index (χ3v) is 4.81. The van der Waals surface area contributed by atoms with Crippen LogP contribution in [-0.2, 0) is 9.53 Å². The number of nitrogens with zero attached hydrogens (tertiary/aromatic N) is 2. The molecule has 0 atom stereocenters. The Morgan fingerprint density at radius 1 is 0.875 bits per heavy atom. The highest BCUT2D eigenvalue weighted by Gasteiger charge is 2.36. The molecule has 1 aliphatic rings. The molecular weight excluding hydrogens is 410 g/mol. The van der Waals surface area contributed by atoms with E-state index in [4.69, 9.17) is 10.00 Å². The van der Waals surface area contributed by atoms with E-state index in [1.807, 2.05) is 6.07 Å². The van der Waals surface area contributed by atoms with Crippen LogP contribution >= 0.6 is 0 Å². The van der Waals surface area contributed by atoms with Gasteiger partial charge in [-0.05, 0) is 48.5 Å². The molecule has 3 aromatic carbocycles. The average molecular weight is 425 g/mol. The molecule has 0 radical (unpaired) electrons. The molecule has 0 saturated carbocycles. The van der Waals surface area contributed by atoms with Crippen molar-refractivity contribution in [3.8, 4) is 6.07 Å². The van der Waals surface area contributed by atoms with Gasteiger partial charge in [-0.25, -0.2) is 9.69 Å². The summed E-state index contributed by atoms with van der Waals surface area (Å²) in [5, 5.41) is 11.6. The smallest absolute Gasteiger partial charge is 0.338 e. The predicted molar refractivity (Wildman–Crippen MR) is 114 cm³/mol. The largest absolute Gasteiger partial charge is 0.452 e. The number of nitrogens with one attached hydrogen (secondary N) is 1. The number of esters is 1. The van der Waals surface area contributed by atoms with E-state index in [2.05, 4.69) is 5.32 Å². The fourth-order valence-corrected chi connectivity index (χ4v) is 3.26. The van der Waals surface area contributed by atoms with E-state index in [1.165, 1.54) is 24.3 Å². The Balaban J connectivity index is 1.39. The summed E-state index contributed by atoms with van der Waals surface area (Å²) in [7, 11) is 0. The number of carbonyl (C=O) groups excluding carboxylic acids is 4. The highest BCUT2D eigenvalue weighted by atomic mass is 16.5. The first kappa shape index (κ1) is 20.5. The van der Waals surface area contributed by atoms with Crippen LogP contribution in [0.25, 0.3) is 0 Å². The summed E-state index contributed by atoms with van der Waals surface area (Å²) >= 11 is 0. The lowest BCUT2D eigenvalue weighted by atomic mass is 10.1. The Hall–Kier alpha value is -4.77. The summed E-state index contributed by atoms with van der Waals surface area (Å²) in [6.45, 7) is -0.543. The predicted octanol–water partition coefficient (Wildman–Crippen LogP) is 3.15. The second-order valence-electron chi connectivity index (χ2n) is 6.82. The molecule has 0 bridgehead atoms. The normalized spacial score (nSPS) is 12.2. The number of imide groups is 1. The second kappa shape index (κ2) is 8.53. The van der Waals surface area contributed by atoms with Crippen LogP contribution in [0.4, 0.5) is 11.4 Å². The average Bonchev–Trinajstić information content (AvgIpc) is 3.08. The van der Waals surface area contributed by atoms with Crippen molar-refractivity contribution in [1.82, 2.24) is 0 Å². The van der Waals surface area contributed by atoms with E-state index in [-0.39, 0.29) is 11.1 Å². The van der Waals surface area contributed by atoms with E-state index >= 15 is 0 Å². The van der Waals surface area contributed by atoms with Gasteiger partial charge in [0.2, 0.25) is 0 Å². The van der Waals surface area contributed by atoms with Crippen LogP contribution in [0.15, 0.2) is 72.8 Å². The highest BCUT2D eigenvalue weighted by molar-refractivity contribution is 6.34. The van der Waals surface area contributed by atoms with Crippen molar-refractivity contribution in [2.75, 3.05) is 16.8 Å². The van der Waals surface area contributed by atoms with E-state index in [0.29, 0.717) is 22.5 Å². The van der Waals surface area contributed by atoms with Crippen LogP contribution in [0, 0.1) is 11.3 Å². The van der Waals surface area contributed by atoms with E-state index < -0.39 is 30.3 Å². The quantitative estimate of drug-likeness (QED) is 0.496. The number of ether oxygens (including phenoxy) is 1. The maximum Gasteiger partial charge on any atom is 0.338 e. The Morgan fingerprint density at radius 2 is 1.47 bits per heavy atom. The molecule has 32 heavy (non-hydrogen) atoms. The lowest BCUT2D eigenvalue weighted by Gasteiger charge is -2.14. The number of fused-ring (bicyclic) bond motifs is 1. The van der Waals surface area contributed by atoms with Crippen molar-refractivity contribution in [3.63, 3.8) is 0 Å². The number of para-hydroxylation sites is 1. The number of carbonyl (C=O) groups is 4. The summed E-state index contributed by atoms with van der Waals surface area (Å²) < 4.78 is 5.01. The Kier molecular flexibility index (Phi) is 5.47. The number of amides is 3. The first-order valence-corrected chi connectivity index (χ1v) is 9.53. The minimum atomic E-state index is -0.748. The van der Waals surface area contributed by atoms with E-state index in [0.717, 1.165) is 4.90 Å². The molecule has 0 spiro atoms. The van der Waals surface area contributed by atoms with Gasteiger partial charge in [0.25, 0.3) is 17.7 Å². The van der Waals surface area contributed by atoms with Crippen molar-refractivity contribution < 1.29 is 23.9 Å². The zero-order valence-corrected chi connectivity index (χ0v) is 16.6. The van der Waals surface area contributed by atoms with Crippen molar-refractivity contribution in [2.24, 2.45) is 0 Å². The van der Waals surface area contributed by atoms with Gasteiger partial charge in [0.1, 0.15) is 6.07 Å². The van der Waals surface area contributed by atoms with Gasteiger partial charge >= 0.3 is 5.97 Å². The summed E-state index contributed by atoms with van der Waals surface area (Å²) in [6, 6.07) is 20.7. The van der Waals surface area contributed by atoms with Crippen molar-refractivity contribution >= 4 is 35.1 Å². The summed E-state index contributed by atoms with van der Waals surface area (Å²) in [4.78, 5) is 50.4. The fourth-order valence-electron chi connectivity index (χ4n) is 3.26. The lowest BCUT2D eigenvalue weighted by Crippen LogP contribution is -2.29. The Bertz CT molecular complexity index is 1260. The lowest BCUT2D eigenvalue weighted by molar-refractivity contribution is -0.119. The third-order valence-electron chi connectivity index (χ3n) is 4.81. The van der Waals surface area contributed by atoms with Gasteiger partial charge in [-0.15, -0.1) is 0 Å². The van der Waals surface area contributed by atoms with Crippen molar-refractivity contribution in [2.45, 2.75) is 0 Å². The molecule has 8 heteroatoms. The summed E-state index contributed by atoms with van der Waals surface area (Å²) in [5.41, 5.74) is 1.72. The summed E-state index contributed by atoms with van der Waals surface area (Å²) in [5.74, 6) is -2.21. The first-order valence-electron chi connectivity index (χ1n) is 9.53. The van der Waals surface area contributed by atoms with E-state index in [1.54, 1.807) is 48.5 Å². The van der Waals surface area contributed by atoms with Gasteiger partial charge in [-0.1, -0.05) is 24.3 Å². The number of hydrogen-bond acceptors (Lipinski definition) is 6. The first-order chi connectivity index (χ1) is 15.5. The number of rotatable bonds is 5. The van der Waals surface area contributed by atoms with Crippen LogP contribution in [0.5, 0.6) is 0 Å². The van der Waals surface area contributed by atoms with Crippen LogP contribution < -0.4 is 10.2 Å². The van der Waals surface area contributed by atoms with Crippen molar-refractivity contribution in [3.05, 3.63) is 95.1 Å². The molecule has 0 unspecified atom stereocenters. The molecule has 1 N–H and O–H groups in total. The molecule has 0 aliphatic carbocycles. The van der Waals surface area contributed by atoms with Crippen LogP contribution in [-0.4, -0.2) is 30.3 Å². The summed E-state index contributed by atoms with van der Waals surface area (Å²) in [6.07, 6.45) is 0. The van der Waals surface area contributed by atoms with Crippen LogP contribution in [0.1, 0.15) is 36.6 Å². The standard InChI is InChI=1S/C24H15N3O5/c25-13-16-5-1-4-8-20(16)26-21(28)14-32-24(31)15-9-11-17(12-10-15)27-22(29)18-6-2-3-7-19(18)23(27)30/h1-12H,14H2,(H,26,28). The molecular formula is C24H15N3O5. The van der Waals surface area contributed by atoms with Gasteiger partial charge in [-0.2, -0.15) is 5.26 Å². The maximum atomic E-state index is 12.5. The third kappa shape index (κ3) is 3.82. The number of anilines is 2. The Labute approximate surface area is 182 Å². The van der Waals surface area contributed by atoms with Crippen molar-refractivity contribution in [1.29, 1.82) is 5.26 Å². The fraction of sp³-hybridized carbons (Fsp3) is 0.0417. The minimum absolute atomic E-state index is 0.149. The molecule has 3 amide bonds. The number of hydrogen-bond donors (Lipinski definition) is 1. The molecule has 1 aliphatic heterocycles. The molecule has 1 heterocycles. The monoisotopic (exact) mass is 425 g/mol. The molecule has 8 nitrogen and oxygen atoms in total. The molecule has 0 fully saturated rings. The van der Waals surface area contributed by atoms with Gasteiger partial charge in [-0.3, -0.25) is 14.4 Å². The minimum Gasteiger partial charge on any atom is -0.452 e. The number of benzene rings is 3. The van der Waals surface area contributed by atoms with Gasteiger partial charge in [0.15, 0.2) is 6.61 Å². The highest BCUT2D eigenvalue weighted by Crippen LogP contribution is 2.28.